The zero-order valence-corrected chi connectivity index (χ0v) is 31.5. The lowest BCUT2D eigenvalue weighted by molar-refractivity contribution is -0.122. The lowest BCUT2D eigenvalue weighted by Gasteiger charge is -2.22. The summed E-state index contributed by atoms with van der Waals surface area (Å²) in [6, 6.07) is 0. The Balaban J connectivity index is 0.785. The van der Waals surface area contributed by atoms with E-state index in [2.05, 4.69) is 40.5 Å². The summed E-state index contributed by atoms with van der Waals surface area (Å²) < 4.78 is 15.1. The van der Waals surface area contributed by atoms with Crippen LogP contribution in [-0.4, -0.2) is 171 Å². The van der Waals surface area contributed by atoms with Crippen molar-refractivity contribution in [3.63, 3.8) is 0 Å². The van der Waals surface area contributed by atoms with Crippen LogP contribution in [0.2, 0.25) is 0 Å². The Labute approximate surface area is 322 Å². The highest BCUT2D eigenvalue weighted by molar-refractivity contribution is 5.82. The van der Waals surface area contributed by atoms with Gasteiger partial charge in [0, 0.05) is 39.0 Å². The average Bonchev–Trinajstić information content (AvgIpc) is 3.93. The molecule has 4 aromatic heterocycles. The average molecular weight is 785 g/mol. The number of anilines is 2. The number of imidazole rings is 2. The maximum absolute atomic E-state index is 12.4. The second-order valence-corrected chi connectivity index (χ2v) is 14.4. The van der Waals surface area contributed by atoms with Crippen LogP contribution in [0.1, 0.15) is 51.0 Å². The number of ether oxygens (including phenoxy) is 2. The summed E-state index contributed by atoms with van der Waals surface area (Å²) in [5, 5.41) is 48.6. The first-order valence-corrected chi connectivity index (χ1v) is 18.7. The number of nitrogens with one attached hydrogen (secondary N) is 2. The minimum absolute atomic E-state index is 0.0667. The number of nitrogen functional groups attached to an aromatic ring is 2. The number of carbonyl (C=O) groups excluding carboxylic acids is 2. The Morgan fingerprint density at radius 2 is 1.07 bits per heavy atom. The fourth-order valence-electron chi connectivity index (χ4n) is 7.03. The maximum atomic E-state index is 12.4. The molecule has 0 spiro atoms. The van der Waals surface area contributed by atoms with Gasteiger partial charge in [-0.1, -0.05) is 0 Å². The standard InChI is InChI=1S/C34H52N14O8/c1-45(13-19-25(51)27(53)33(55-19)47-17-43-23-29(35)39-15-41-31(23)47)11-5-7-21(49)37-9-3-4-10-38-22(50)8-6-12-46(2)14-20-26(52)28(54)34(56-20)48-18-44-24-30(36)40-16-42-32(24)48/h15-20,25-28,33-34,51-54H,3-14H2,1-2H3,(H,37,49)(H,38,50)(H2,35,39,41)(H2,36,40,42)/t19-,20-,25-,26-,27-,28-,33-,34-/m1/s1. The Bertz CT molecular complexity index is 1790. The van der Waals surface area contributed by atoms with Crippen LogP contribution in [0.25, 0.3) is 22.3 Å². The molecule has 6 heterocycles. The van der Waals surface area contributed by atoms with E-state index in [0.717, 1.165) is 0 Å². The first kappa shape index (κ1) is 41.0. The van der Waals surface area contributed by atoms with Gasteiger partial charge >= 0.3 is 0 Å². The number of rotatable bonds is 19. The Kier molecular flexibility index (Phi) is 13.5. The third-order valence-electron chi connectivity index (χ3n) is 10.1. The molecule has 0 radical (unpaired) electrons. The molecule has 2 amide bonds. The maximum Gasteiger partial charge on any atom is 0.220 e. The number of amides is 2. The molecule has 2 fully saturated rings. The van der Waals surface area contributed by atoms with Gasteiger partial charge in [-0.3, -0.25) is 18.7 Å². The number of fused-ring (bicyclic) bond motifs is 2. The second-order valence-electron chi connectivity index (χ2n) is 14.4. The zero-order valence-electron chi connectivity index (χ0n) is 31.5. The monoisotopic (exact) mass is 784 g/mol. The summed E-state index contributed by atoms with van der Waals surface area (Å²) in [6.07, 6.45) is 0.981. The first-order chi connectivity index (χ1) is 26.9. The van der Waals surface area contributed by atoms with Crippen LogP contribution in [0.15, 0.2) is 25.3 Å². The summed E-state index contributed by atoms with van der Waals surface area (Å²) in [5.74, 6) is 0.280. The van der Waals surface area contributed by atoms with Gasteiger partial charge in [0.05, 0.1) is 12.7 Å². The van der Waals surface area contributed by atoms with Crippen molar-refractivity contribution in [1.29, 1.82) is 0 Å². The number of hydrogen-bond acceptors (Lipinski definition) is 18. The molecule has 22 nitrogen and oxygen atoms in total. The van der Waals surface area contributed by atoms with Crippen LogP contribution in [0.3, 0.4) is 0 Å². The smallest absolute Gasteiger partial charge is 0.220 e. The molecular formula is C34H52N14O8. The minimum Gasteiger partial charge on any atom is -0.387 e. The molecule has 22 heteroatoms. The van der Waals surface area contributed by atoms with Crippen molar-refractivity contribution < 1.29 is 39.5 Å². The number of nitrogens with two attached hydrogens (primary N) is 2. The number of aliphatic hydroxyl groups is 4. The van der Waals surface area contributed by atoms with Crippen LogP contribution in [0.4, 0.5) is 11.6 Å². The molecule has 0 aromatic carbocycles. The van der Waals surface area contributed by atoms with E-state index in [1.165, 1.54) is 34.4 Å². The van der Waals surface area contributed by atoms with Crippen molar-refractivity contribution in [2.24, 2.45) is 0 Å². The van der Waals surface area contributed by atoms with Gasteiger partial charge in [-0.15, -0.1) is 0 Å². The predicted molar refractivity (Wildman–Crippen MR) is 200 cm³/mol. The van der Waals surface area contributed by atoms with Crippen LogP contribution >= 0.6 is 0 Å². The lowest BCUT2D eigenvalue weighted by Crippen LogP contribution is -2.39. The number of aliphatic hydroxyl groups excluding tert-OH is 4. The number of likely N-dealkylation sites (N-methyl/N-ethyl adjacent to an activating group) is 2. The fourth-order valence-corrected chi connectivity index (χ4v) is 7.03. The minimum atomic E-state index is -1.20. The normalized spacial score (nSPS) is 25.2. The van der Waals surface area contributed by atoms with Gasteiger partial charge in [0.15, 0.2) is 35.4 Å². The van der Waals surface area contributed by atoms with E-state index in [1.807, 2.05) is 23.9 Å². The summed E-state index contributed by atoms with van der Waals surface area (Å²) in [6.45, 7) is 2.84. The van der Waals surface area contributed by atoms with Crippen LogP contribution in [-0.2, 0) is 19.1 Å². The molecule has 6 rings (SSSR count). The molecule has 0 bridgehead atoms. The molecule has 4 aromatic rings. The third kappa shape index (κ3) is 9.46. The van der Waals surface area contributed by atoms with Crippen molar-refractivity contribution in [1.82, 2.24) is 59.5 Å². The van der Waals surface area contributed by atoms with E-state index in [0.29, 0.717) is 100 Å². The zero-order chi connectivity index (χ0) is 39.9. The number of unbranched alkanes of at least 4 members (excludes halogenated alkanes) is 1. The van der Waals surface area contributed by atoms with Crippen molar-refractivity contribution in [2.75, 3.05) is 64.8 Å². The van der Waals surface area contributed by atoms with E-state index in [-0.39, 0.29) is 23.5 Å². The largest absolute Gasteiger partial charge is 0.387 e. The van der Waals surface area contributed by atoms with Gasteiger partial charge < -0.3 is 61.8 Å². The topological polar surface area (TPSA) is 303 Å². The molecule has 0 aliphatic carbocycles. The lowest BCUT2D eigenvalue weighted by atomic mass is 10.1. The molecule has 10 N–H and O–H groups in total. The predicted octanol–water partition coefficient (Wildman–Crippen LogP) is -2.49. The number of hydrogen-bond donors (Lipinski definition) is 8. The fraction of sp³-hybridized carbons (Fsp3) is 0.647. The Hall–Kier alpha value is -4.68. The van der Waals surface area contributed by atoms with E-state index in [9.17, 15) is 30.0 Å². The van der Waals surface area contributed by atoms with E-state index in [4.69, 9.17) is 20.9 Å². The van der Waals surface area contributed by atoms with Gasteiger partial charge in [-0.25, -0.2) is 29.9 Å². The number of aromatic nitrogens is 8. The molecule has 2 aliphatic heterocycles. The highest BCUT2D eigenvalue weighted by atomic mass is 16.6. The van der Waals surface area contributed by atoms with Crippen molar-refractivity contribution in [2.45, 2.75) is 87.6 Å². The summed E-state index contributed by atoms with van der Waals surface area (Å²) in [4.78, 5) is 53.3. The molecule has 0 saturated carbocycles. The molecule has 306 valence electrons. The summed E-state index contributed by atoms with van der Waals surface area (Å²) in [5.41, 5.74) is 13.3. The van der Waals surface area contributed by atoms with Gasteiger partial charge in [-0.2, -0.15) is 0 Å². The third-order valence-corrected chi connectivity index (χ3v) is 10.1. The van der Waals surface area contributed by atoms with Gasteiger partial charge in [0.2, 0.25) is 11.8 Å². The molecule has 56 heavy (non-hydrogen) atoms. The van der Waals surface area contributed by atoms with Crippen LogP contribution in [0, 0.1) is 0 Å². The molecule has 8 atom stereocenters. The first-order valence-electron chi connectivity index (χ1n) is 18.7. The SMILES string of the molecule is CN(CCCC(=O)NCCCCNC(=O)CCCN(C)C[C@H]1O[C@@H](n2cnc3c(N)ncnc32)[C@H](O)[C@@H]1O)C[C@H]1O[C@@H](n2cnc3c(N)ncnc32)[C@H](O)[C@@H]1O. The molecule has 0 unspecified atom stereocenters. The Morgan fingerprint density at radius 3 is 1.48 bits per heavy atom. The highest BCUT2D eigenvalue weighted by Crippen LogP contribution is 2.33. The summed E-state index contributed by atoms with van der Waals surface area (Å²) >= 11 is 0. The van der Waals surface area contributed by atoms with E-state index >= 15 is 0 Å². The Morgan fingerprint density at radius 1 is 0.661 bits per heavy atom. The second kappa shape index (κ2) is 18.5. The number of nitrogens with zero attached hydrogens (tertiary/aromatic N) is 10. The van der Waals surface area contributed by atoms with Crippen molar-refractivity contribution >= 4 is 45.8 Å². The van der Waals surface area contributed by atoms with Crippen LogP contribution in [0.5, 0.6) is 0 Å². The van der Waals surface area contributed by atoms with Crippen molar-refractivity contribution in [3.8, 4) is 0 Å². The molecular weight excluding hydrogens is 732 g/mol. The number of carbonyl (C=O) groups is 2. The van der Waals surface area contributed by atoms with Gasteiger partial charge in [0.1, 0.15) is 60.3 Å². The molecule has 2 saturated heterocycles. The van der Waals surface area contributed by atoms with E-state index in [1.54, 1.807) is 0 Å². The summed E-state index contributed by atoms with van der Waals surface area (Å²) in [7, 11) is 3.72. The van der Waals surface area contributed by atoms with Crippen LogP contribution < -0.4 is 22.1 Å². The van der Waals surface area contributed by atoms with Gasteiger partial charge in [0.25, 0.3) is 0 Å². The quantitative estimate of drug-likeness (QED) is 0.0456. The van der Waals surface area contributed by atoms with Crippen molar-refractivity contribution in [3.05, 3.63) is 25.3 Å². The highest BCUT2D eigenvalue weighted by Gasteiger charge is 2.45. The molecule has 2 aliphatic rings. The van der Waals surface area contributed by atoms with Gasteiger partial charge in [-0.05, 0) is 52.9 Å². The van der Waals surface area contributed by atoms with E-state index < -0.39 is 49.1 Å².